The first-order valence-electron chi connectivity index (χ1n) is 10.1. The van der Waals surface area contributed by atoms with Gasteiger partial charge < -0.3 is 9.73 Å². The Bertz CT molecular complexity index is 1300. The second-order valence-corrected chi connectivity index (χ2v) is 7.40. The first-order chi connectivity index (χ1) is 16.5. The van der Waals surface area contributed by atoms with Gasteiger partial charge in [-0.25, -0.2) is 4.98 Å². The van der Waals surface area contributed by atoms with Gasteiger partial charge in [-0.15, -0.1) is 0 Å². The second kappa shape index (κ2) is 9.24. The lowest BCUT2D eigenvalue weighted by Crippen LogP contribution is -2.24. The summed E-state index contributed by atoms with van der Waals surface area (Å²) in [7, 11) is 0. The van der Waals surface area contributed by atoms with E-state index in [1.165, 1.54) is 12.4 Å². The van der Waals surface area contributed by atoms with Crippen LogP contribution in [0.2, 0.25) is 0 Å². The molecule has 0 unspecified atom stereocenters. The van der Waals surface area contributed by atoms with Gasteiger partial charge in [0.2, 0.25) is 5.89 Å². The Balaban J connectivity index is 1.66. The molecular weight excluding hydrogens is 476 g/mol. The van der Waals surface area contributed by atoms with Gasteiger partial charge in [0.25, 0.3) is 5.91 Å². The predicted molar refractivity (Wildman–Crippen MR) is 113 cm³/mol. The van der Waals surface area contributed by atoms with E-state index in [9.17, 15) is 31.1 Å². The molecule has 1 N–H and O–H groups in total. The van der Waals surface area contributed by atoms with Crippen LogP contribution in [0.15, 0.2) is 77.5 Å². The van der Waals surface area contributed by atoms with E-state index in [1.54, 1.807) is 42.5 Å². The molecule has 0 bridgehead atoms. The number of aromatic nitrogens is 2. The molecule has 0 fully saturated rings. The molecule has 0 aliphatic rings. The lowest BCUT2D eigenvalue weighted by atomic mass is 10.0. The normalized spacial score (nSPS) is 11.9. The molecule has 0 radical (unpaired) electrons. The van der Waals surface area contributed by atoms with Crippen molar-refractivity contribution in [1.29, 1.82) is 0 Å². The molecule has 0 atom stereocenters. The molecule has 5 nitrogen and oxygen atoms in total. The van der Waals surface area contributed by atoms with Crippen molar-refractivity contribution in [2.45, 2.75) is 18.9 Å². The molecule has 0 saturated heterocycles. The van der Waals surface area contributed by atoms with Gasteiger partial charge >= 0.3 is 12.4 Å². The molecule has 4 rings (SSSR count). The minimum Gasteiger partial charge on any atom is -0.435 e. The number of oxazole rings is 1. The van der Waals surface area contributed by atoms with Gasteiger partial charge in [0, 0.05) is 30.1 Å². The molecule has 0 spiro atoms. The van der Waals surface area contributed by atoms with Crippen LogP contribution in [0.25, 0.3) is 22.8 Å². The maximum atomic E-state index is 13.1. The van der Waals surface area contributed by atoms with Gasteiger partial charge in [-0.1, -0.05) is 18.2 Å². The van der Waals surface area contributed by atoms with E-state index in [1.807, 2.05) is 0 Å². The van der Waals surface area contributed by atoms with Gasteiger partial charge in [0.1, 0.15) is 0 Å². The van der Waals surface area contributed by atoms with Crippen LogP contribution in [0.3, 0.4) is 0 Å². The van der Waals surface area contributed by atoms with Crippen LogP contribution in [0.1, 0.15) is 27.2 Å². The Morgan fingerprint density at radius 3 is 2.00 bits per heavy atom. The third-order valence-electron chi connectivity index (χ3n) is 4.91. The molecule has 4 aromatic rings. The molecule has 2 aromatic heterocycles. The van der Waals surface area contributed by atoms with Gasteiger partial charge in [-0.2, -0.15) is 26.3 Å². The highest BCUT2D eigenvalue weighted by Crippen LogP contribution is 2.36. The van der Waals surface area contributed by atoms with Crippen molar-refractivity contribution in [2.75, 3.05) is 0 Å². The summed E-state index contributed by atoms with van der Waals surface area (Å²) in [5.74, 6) is -0.654. The molecule has 0 aliphatic carbocycles. The average Bonchev–Trinajstić information content (AvgIpc) is 3.28. The number of rotatable bonds is 5. The van der Waals surface area contributed by atoms with Crippen LogP contribution < -0.4 is 5.32 Å². The Hall–Kier alpha value is -4.15. The SMILES string of the molecule is O=C(NCc1cc(C(F)(F)F)cc(C(F)(F)F)c1)c1nc(-c2ccccc2)oc1-c1ccncc1. The highest BCUT2D eigenvalue weighted by atomic mass is 19.4. The van der Waals surface area contributed by atoms with E-state index in [0.717, 1.165) is 0 Å². The van der Waals surface area contributed by atoms with E-state index in [4.69, 9.17) is 4.42 Å². The Kier molecular flexibility index (Phi) is 6.33. The van der Waals surface area contributed by atoms with Gasteiger partial charge in [0.15, 0.2) is 11.5 Å². The largest absolute Gasteiger partial charge is 0.435 e. The van der Waals surface area contributed by atoms with E-state index in [-0.39, 0.29) is 29.0 Å². The van der Waals surface area contributed by atoms with Crippen molar-refractivity contribution in [2.24, 2.45) is 0 Å². The third-order valence-corrected chi connectivity index (χ3v) is 4.91. The Morgan fingerprint density at radius 1 is 0.829 bits per heavy atom. The molecule has 0 saturated carbocycles. The van der Waals surface area contributed by atoms with Crippen molar-refractivity contribution in [3.63, 3.8) is 0 Å². The number of benzene rings is 2. The summed E-state index contributed by atoms with van der Waals surface area (Å²) in [4.78, 5) is 21.0. The van der Waals surface area contributed by atoms with E-state index >= 15 is 0 Å². The van der Waals surface area contributed by atoms with Crippen molar-refractivity contribution in [1.82, 2.24) is 15.3 Å². The molecule has 2 aromatic carbocycles. The van der Waals surface area contributed by atoms with E-state index < -0.39 is 35.9 Å². The fraction of sp³-hybridized carbons (Fsp3) is 0.125. The minimum atomic E-state index is -4.99. The molecule has 11 heteroatoms. The van der Waals surface area contributed by atoms with Gasteiger partial charge in [-0.05, 0) is 48.0 Å². The lowest BCUT2D eigenvalue weighted by Gasteiger charge is -2.14. The highest BCUT2D eigenvalue weighted by Gasteiger charge is 2.37. The smallest absolute Gasteiger partial charge is 0.416 e. The number of halogens is 6. The number of hydrogen-bond acceptors (Lipinski definition) is 4. The van der Waals surface area contributed by atoms with Gasteiger partial charge in [-0.3, -0.25) is 9.78 Å². The summed E-state index contributed by atoms with van der Waals surface area (Å²) in [6.45, 7) is -0.602. The number of alkyl halides is 6. The summed E-state index contributed by atoms with van der Waals surface area (Å²) in [6, 6.07) is 12.9. The van der Waals surface area contributed by atoms with Crippen LogP contribution in [0.4, 0.5) is 26.3 Å². The molecule has 1 amide bonds. The number of carbonyl (C=O) groups is 1. The molecule has 0 aliphatic heterocycles. The van der Waals surface area contributed by atoms with Crippen molar-refractivity contribution >= 4 is 5.91 Å². The van der Waals surface area contributed by atoms with Crippen molar-refractivity contribution in [3.8, 4) is 22.8 Å². The second-order valence-electron chi connectivity index (χ2n) is 7.40. The molecule has 180 valence electrons. The van der Waals surface area contributed by atoms with Crippen molar-refractivity contribution < 1.29 is 35.6 Å². The van der Waals surface area contributed by atoms with E-state index in [0.29, 0.717) is 23.3 Å². The number of pyridine rings is 1. The maximum absolute atomic E-state index is 13.1. The zero-order valence-corrected chi connectivity index (χ0v) is 17.6. The van der Waals surface area contributed by atoms with Crippen LogP contribution in [-0.4, -0.2) is 15.9 Å². The van der Waals surface area contributed by atoms with Crippen molar-refractivity contribution in [3.05, 3.63) is 95.4 Å². The minimum absolute atomic E-state index is 0.0244. The predicted octanol–water partition coefficient (Wildman–Crippen LogP) is 6.37. The van der Waals surface area contributed by atoms with E-state index in [2.05, 4.69) is 15.3 Å². The monoisotopic (exact) mass is 491 g/mol. The molecular formula is C24H15F6N3O2. The number of hydrogen-bond donors (Lipinski definition) is 1. The quantitative estimate of drug-likeness (QED) is 0.330. The van der Waals surface area contributed by atoms with Gasteiger partial charge in [0.05, 0.1) is 11.1 Å². The van der Waals surface area contributed by atoms with Crippen LogP contribution in [0, 0.1) is 0 Å². The number of amides is 1. The zero-order chi connectivity index (χ0) is 25.2. The Morgan fingerprint density at radius 2 is 1.43 bits per heavy atom. The zero-order valence-electron chi connectivity index (χ0n) is 17.6. The van der Waals surface area contributed by atoms with Crippen LogP contribution >= 0.6 is 0 Å². The summed E-state index contributed by atoms with van der Waals surface area (Å²) < 4.78 is 84.5. The maximum Gasteiger partial charge on any atom is 0.416 e. The first-order valence-corrected chi connectivity index (χ1v) is 10.1. The summed E-state index contributed by atoms with van der Waals surface area (Å²) in [5.41, 5.74) is -2.48. The molecule has 2 heterocycles. The third kappa shape index (κ3) is 5.51. The lowest BCUT2D eigenvalue weighted by molar-refractivity contribution is -0.143. The number of nitrogens with one attached hydrogen (secondary N) is 1. The molecule has 35 heavy (non-hydrogen) atoms. The first kappa shape index (κ1) is 24.0. The fourth-order valence-corrected chi connectivity index (χ4v) is 3.26. The summed E-state index contributed by atoms with van der Waals surface area (Å²) in [5, 5.41) is 2.34. The number of nitrogens with zero attached hydrogens (tertiary/aromatic N) is 2. The van der Waals surface area contributed by atoms with Crippen LogP contribution in [-0.2, 0) is 18.9 Å². The van der Waals surface area contributed by atoms with Crippen LogP contribution in [0.5, 0.6) is 0 Å². The standard InChI is InChI=1S/C24H15F6N3O2/c25-23(26,27)17-10-14(11-18(12-17)24(28,29)30)13-32-21(34)19-20(15-6-8-31-9-7-15)35-22(33-19)16-4-2-1-3-5-16/h1-12H,13H2,(H,32,34). The Labute approximate surface area is 194 Å². The fourth-order valence-electron chi connectivity index (χ4n) is 3.26. The summed E-state index contributed by atoms with van der Waals surface area (Å²) >= 11 is 0. The average molecular weight is 491 g/mol. The highest BCUT2D eigenvalue weighted by molar-refractivity contribution is 5.98. The number of carbonyl (C=O) groups excluding carboxylic acids is 1. The topological polar surface area (TPSA) is 68.0 Å². The summed E-state index contributed by atoms with van der Waals surface area (Å²) in [6.07, 6.45) is -7.07.